The van der Waals surface area contributed by atoms with Gasteiger partial charge in [-0.25, -0.2) is 4.39 Å². The van der Waals surface area contributed by atoms with Crippen LogP contribution >= 0.6 is 11.6 Å². The number of pyridine rings is 1. The Morgan fingerprint density at radius 2 is 1.97 bits per heavy atom. The minimum absolute atomic E-state index is 0.0301. The highest BCUT2D eigenvalue weighted by molar-refractivity contribution is 6.33. The van der Waals surface area contributed by atoms with Crippen LogP contribution in [-0.4, -0.2) is 52.8 Å². The molecule has 3 heterocycles. The third-order valence-electron chi connectivity index (χ3n) is 6.32. The van der Waals surface area contributed by atoms with Gasteiger partial charge in [-0.05, 0) is 74.2 Å². The Morgan fingerprint density at radius 1 is 1.19 bits per heavy atom. The third kappa shape index (κ3) is 5.10. The van der Waals surface area contributed by atoms with Gasteiger partial charge in [0.15, 0.2) is 0 Å². The molecular formula is C24H28ClFN4O2. The molecular weight excluding hydrogens is 431 g/mol. The van der Waals surface area contributed by atoms with E-state index in [0.29, 0.717) is 38.2 Å². The normalized spacial score (nSPS) is 16.5. The molecule has 0 unspecified atom stereocenters. The molecule has 0 saturated carbocycles. The van der Waals surface area contributed by atoms with E-state index in [-0.39, 0.29) is 16.8 Å². The summed E-state index contributed by atoms with van der Waals surface area (Å²) in [7, 11) is 0. The highest BCUT2D eigenvalue weighted by Crippen LogP contribution is 2.27. The summed E-state index contributed by atoms with van der Waals surface area (Å²) in [6.45, 7) is 5.71. The van der Waals surface area contributed by atoms with Crippen LogP contribution in [0.4, 0.5) is 4.39 Å². The van der Waals surface area contributed by atoms with E-state index in [0.717, 1.165) is 54.4 Å². The lowest BCUT2D eigenvalue weighted by atomic mass is 9.94. The molecule has 1 saturated heterocycles. The maximum Gasteiger partial charge on any atom is 0.255 e. The van der Waals surface area contributed by atoms with E-state index >= 15 is 0 Å². The van der Waals surface area contributed by atoms with Gasteiger partial charge in [0, 0.05) is 31.5 Å². The zero-order valence-corrected chi connectivity index (χ0v) is 19.1. The molecule has 8 heteroatoms. The summed E-state index contributed by atoms with van der Waals surface area (Å²) in [5.41, 5.74) is 4.32. The maximum absolute atomic E-state index is 13.3. The molecule has 0 aliphatic carbocycles. The molecule has 2 aliphatic heterocycles. The number of nitrogens with one attached hydrogen (secondary N) is 1. The Kier molecular flexibility index (Phi) is 7.06. The second kappa shape index (κ2) is 9.96. The first kappa shape index (κ1) is 22.7. The Hall–Kier alpha value is -2.51. The van der Waals surface area contributed by atoms with Crippen molar-refractivity contribution in [2.45, 2.75) is 45.7 Å². The maximum atomic E-state index is 13.3. The van der Waals surface area contributed by atoms with Gasteiger partial charge >= 0.3 is 0 Å². The monoisotopic (exact) mass is 458 g/mol. The molecule has 2 aliphatic rings. The summed E-state index contributed by atoms with van der Waals surface area (Å²) >= 11 is 6.09. The van der Waals surface area contributed by atoms with Crippen molar-refractivity contribution in [1.29, 1.82) is 0 Å². The molecule has 2 aromatic rings. The van der Waals surface area contributed by atoms with Crippen molar-refractivity contribution in [3.05, 3.63) is 63.2 Å². The standard InChI is InChI=1S/C24H28ClFN4O2/c1-16-21(13-28-23(31)15-29-8-3-2-4-9-29)19-7-10-30(14-17(19)12-27-16)24(32)20-6-5-18(26)11-22(20)25/h5-6,11-12H,2-4,7-10,13-15H2,1H3,(H,28,31). The number of benzene rings is 1. The smallest absolute Gasteiger partial charge is 0.255 e. The van der Waals surface area contributed by atoms with Crippen molar-refractivity contribution < 1.29 is 14.0 Å². The van der Waals surface area contributed by atoms with Crippen LogP contribution in [0.3, 0.4) is 0 Å². The Labute approximate surface area is 192 Å². The molecule has 1 fully saturated rings. The molecule has 1 aromatic carbocycles. The lowest BCUT2D eigenvalue weighted by molar-refractivity contribution is -0.122. The average Bonchev–Trinajstić information content (AvgIpc) is 2.78. The van der Waals surface area contributed by atoms with E-state index < -0.39 is 5.82 Å². The predicted molar refractivity (Wildman–Crippen MR) is 121 cm³/mol. The molecule has 0 atom stereocenters. The Balaban J connectivity index is 1.43. The van der Waals surface area contributed by atoms with Gasteiger partial charge in [0.05, 0.1) is 17.1 Å². The summed E-state index contributed by atoms with van der Waals surface area (Å²) in [5.74, 6) is -0.665. The number of carbonyl (C=O) groups is 2. The van der Waals surface area contributed by atoms with E-state index in [1.165, 1.54) is 18.6 Å². The first-order valence-electron chi connectivity index (χ1n) is 11.1. The van der Waals surface area contributed by atoms with Gasteiger partial charge in [-0.15, -0.1) is 0 Å². The van der Waals surface area contributed by atoms with Crippen molar-refractivity contribution in [3.8, 4) is 0 Å². The second-order valence-electron chi connectivity index (χ2n) is 8.54. The van der Waals surface area contributed by atoms with Gasteiger partial charge in [0.2, 0.25) is 5.91 Å². The van der Waals surface area contributed by atoms with Crippen molar-refractivity contribution in [2.24, 2.45) is 0 Å². The Morgan fingerprint density at radius 3 is 2.72 bits per heavy atom. The first-order chi connectivity index (χ1) is 15.4. The van der Waals surface area contributed by atoms with Crippen LogP contribution in [0.5, 0.6) is 0 Å². The van der Waals surface area contributed by atoms with Crippen molar-refractivity contribution in [3.63, 3.8) is 0 Å². The average molecular weight is 459 g/mol. The number of fused-ring (bicyclic) bond motifs is 1. The number of carbonyl (C=O) groups excluding carboxylic acids is 2. The Bertz CT molecular complexity index is 1020. The van der Waals surface area contributed by atoms with Crippen molar-refractivity contribution in [1.82, 2.24) is 20.1 Å². The lowest BCUT2D eigenvalue weighted by Gasteiger charge is -2.31. The van der Waals surface area contributed by atoms with Crippen LogP contribution < -0.4 is 5.32 Å². The summed E-state index contributed by atoms with van der Waals surface area (Å²) in [5, 5.41) is 3.17. The fourth-order valence-corrected chi connectivity index (χ4v) is 4.77. The molecule has 0 spiro atoms. The van der Waals surface area contributed by atoms with E-state index in [2.05, 4.69) is 15.2 Å². The molecule has 0 radical (unpaired) electrons. The molecule has 1 N–H and O–H groups in total. The fourth-order valence-electron chi connectivity index (χ4n) is 4.53. The van der Waals surface area contributed by atoms with E-state index in [9.17, 15) is 14.0 Å². The van der Waals surface area contributed by atoms with Crippen LogP contribution in [-0.2, 0) is 24.3 Å². The van der Waals surface area contributed by atoms with Crippen molar-refractivity contribution in [2.75, 3.05) is 26.2 Å². The van der Waals surface area contributed by atoms with Crippen LogP contribution in [0.25, 0.3) is 0 Å². The SMILES string of the molecule is Cc1ncc2c(c1CNC(=O)CN1CCCCC1)CCN(C(=O)c1ccc(F)cc1Cl)C2. The number of likely N-dealkylation sites (tertiary alicyclic amines) is 1. The molecule has 4 rings (SSSR count). The van der Waals surface area contributed by atoms with E-state index in [1.807, 2.05) is 6.92 Å². The quantitative estimate of drug-likeness (QED) is 0.745. The first-order valence-corrected chi connectivity index (χ1v) is 11.5. The molecule has 1 aromatic heterocycles. The number of halogens is 2. The summed E-state index contributed by atoms with van der Waals surface area (Å²) < 4.78 is 13.3. The topological polar surface area (TPSA) is 65.5 Å². The highest BCUT2D eigenvalue weighted by Gasteiger charge is 2.26. The number of hydrogen-bond donors (Lipinski definition) is 1. The zero-order chi connectivity index (χ0) is 22.7. The second-order valence-corrected chi connectivity index (χ2v) is 8.95. The number of amides is 2. The third-order valence-corrected chi connectivity index (χ3v) is 6.64. The largest absolute Gasteiger partial charge is 0.351 e. The highest BCUT2D eigenvalue weighted by atomic mass is 35.5. The van der Waals surface area contributed by atoms with Gasteiger partial charge in [-0.3, -0.25) is 19.5 Å². The number of aryl methyl sites for hydroxylation is 1. The number of piperidine rings is 1. The van der Waals surface area contributed by atoms with E-state index in [4.69, 9.17) is 11.6 Å². The lowest BCUT2D eigenvalue weighted by Crippen LogP contribution is -2.40. The minimum Gasteiger partial charge on any atom is -0.351 e. The number of hydrogen-bond acceptors (Lipinski definition) is 4. The van der Waals surface area contributed by atoms with Gasteiger partial charge < -0.3 is 10.2 Å². The number of rotatable bonds is 5. The van der Waals surface area contributed by atoms with Crippen LogP contribution in [0, 0.1) is 12.7 Å². The van der Waals surface area contributed by atoms with E-state index in [1.54, 1.807) is 11.1 Å². The number of aromatic nitrogens is 1. The van der Waals surface area contributed by atoms with Gasteiger partial charge in [-0.1, -0.05) is 18.0 Å². The van der Waals surface area contributed by atoms with Gasteiger partial charge in [-0.2, -0.15) is 0 Å². The zero-order valence-electron chi connectivity index (χ0n) is 18.3. The molecule has 2 amide bonds. The van der Waals surface area contributed by atoms with Crippen LogP contribution in [0.2, 0.25) is 5.02 Å². The van der Waals surface area contributed by atoms with Crippen LogP contribution in [0.1, 0.15) is 52.0 Å². The molecule has 32 heavy (non-hydrogen) atoms. The van der Waals surface area contributed by atoms with Crippen LogP contribution in [0.15, 0.2) is 24.4 Å². The molecule has 0 bridgehead atoms. The molecule has 170 valence electrons. The number of nitrogens with zero attached hydrogens (tertiary/aromatic N) is 3. The molecule has 6 nitrogen and oxygen atoms in total. The van der Waals surface area contributed by atoms with Crippen molar-refractivity contribution >= 4 is 23.4 Å². The predicted octanol–water partition coefficient (Wildman–Crippen LogP) is 3.48. The van der Waals surface area contributed by atoms with Gasteiger partial charge in [0.25, 0.3) is 5.91 Å². The van der Waals surface area contributed by atoms with Gasteiger partial charge in [0.1, 0.15) is 5.82 Å². The summed E-state index contributed by atoms with van der Waals surface area (Å²) in [6.07, 6.45) is 6.02. The summed E-state index contributed by atoms with van der Waals surface area (Å²) in [6, 6.07) is 3.82. The minimum atomic E-state index is -0.470. The summed E-state index contributed by atoms with van der Waals surface area (Å²) in [4.78, 5) is 33.8. The fraction of sp³-hybridized carbons (Fsp3) is 0.458.